The standard InChI is InChI=1S/C23H26N4O3S/c1-6-27(12-14(2)3)18(28)13-31-23-25-20(19-15(4)16(5)30-22(19)26-23)24-21(29)17-10-8-7-9-11-17/h7-11H,2,6,12-13H2,1,3-5H3,(H,24,25,26,29). The SMILES string of the molecule is C=C(C)CN(CC)C(=O)CSc1nc(NC(=O)c2ccccc2)c2c(C)c(C)oc2n1. The number of nitrogens with one attached hydrogen (secondary N) is 1. The summed E-state index contributed by atoms with van der Waals surface area (Å²) in [4.78, 5) is 36.0. The summed E-state index contributed by atoms with van der Waals surface area (Å²) in [6.07, 6.45) is 0. The number of hydrogen-bond acceptors (Lipinski definition) is 6. The molecule has 0 aliphatic heterocycles. The van der Waals surface area contributed by atoms with Crippen molar-refractivity contribution in [2.75, 3.05) is 24.2 Å². The van der Waals surface area contributed by atoms with Crippen LogP contribution in [0.5, 0.6) is 0 Å². The van der Waals surface area contributed by atoms with Gasteiger partial charge in [0, 0.05) is 24.2 Å². The Bertz CT molecular complexity index is 1120. The van der Waals surface area contributed by atoms with Crippen LogP contribution in [0.25, 0.3) is 11.1 Å². The maximum absolute atomic E-state index is 12.7. The normalized spacial score (nSPS) is 10.8. The van der Waals surface area contributed by atoms with Gasteiger partial charge >= 0.3 is 0 Å². The summed E-state index contributed by atoms with van der Waals surface area (Å²) < 4.78 is 5.77. The zero-order valence-electron chi connectivity index (χ0n) is 18.2. The van der Waals surface area contributed by atoms with E-state index in [-0.39, 0.29) is 17.6 Å². The zero-order valence-corrected chi connectivity index (χ0v) is 19.0. The van der Waals surface area contributed by atoms with Crippen molar-refractivity contribution >= 4 is 40.5 Å². The fourth-order valence-electron chi connectivity index (χ4n) is 3.07. The van der Waals surface area contributed by atoms with Crippen LogP contribution in [0.1, 0.15) is 35.5 Å². The van der Waals surface area contributed by atoms with Gasteiger partial charge in [-0.2, -0.15) is 4.98 Å². The van der Waals surface area contributed by atoms with E-state index in [1.54, 1.807) is 29.2 Å². The Balaban J connectivity index is 1.87. The molecule has 0 aliphatic carbocycles. The second-order valence-corrected chi connectivity index (χ2v) is 8.23. The molecule has 2 heterocycles. The molecular weight excluding hydrogens is 412 g/mol. The number of likely N-dealkylation sites (N-methyl/N-ethyl adjacent to an activating group) is 1. The molecule has 8 heteroatoms. The second-order valence-electron chi connectivity index (χ2n) is 7.29. The predicted octanol–water partition coefficient (Wildman–Crippen LogP) is 4.61. The van der Waals surface area contributed by atoms with Gasteiger partial charge in [-0.15, -0.1) is 0 Å². The maximum Gasteiger partial charge on any atom is 0.256 e. The number of nitrogens with zero attached hydrogens (tertiary/aromatic N) is 3. The number of hydrogen-bond donors (Lipinski definition) is 1. The predicted molar refractivity (Wildman–Crippen MR) is 123 cm³/mol. The zero-order chi connectivity index (χ0) is 22.5. The Labute approximate surface area is 185 Å². The van der Waals surface area contributed by atoms with Crippen molar-refractivity contribution in [2.24, 2.45) is 0 Å². The first kappa shape index (κ1) is 22.6. The van der Waals surface area contributed by atoms with Crippen LogP contribution < -0.4 is 5.32 Å². The lowest BCUT2D eigenvalue weighted by Crippen LogP contribution is -2.33. The Kier molecular flexibility index (Phi) is 7.12. The first-order chi connectivity index (χ1) is 14.8. The lowest BCUT2D eigenvalue weighted by molar-refractivity contribution is -0.127. The molecule has 0 fully saturated rings. The number of anilines is 1. The van der Waals surface area contributed by atoms with Gasteiger partial charge in [-0.1, -0.05) is 42.1 Å². The number of aromatic nitrogens is 2. The molecule has 0 saturated heterocycles. The quantitative estimate of drug-likeness (QED) is 0.314. The van der Waals surface area contributed by atoms with Crippen LogP contribution in [-0.2, 0) is 4.79 Å². The Morgan fingerprint density at radius 3 is 2.55 bits per heavy atom. The molecule has 1 aromatic carbocycles. The molecule has 7 nitrogen and oxygen atoms in total. The van der Waals surface area contributed by atoms with Crippen molar-refractivity contribution in [3.63, 3.8) is 0 Å². The highest BCUT2D eigenvalue weighted by Gasteiger charge is 2.20. The first-order valence-electron chi connectivity index (χ1n) is 9.99. The van der Waals surface area contributed by atoms with Crippen LogP contribution in [0.3, 0.4) is 0 Å². The summed E-state index contributed by atoms with van der Waals surface area (Å²) >= 11 is 1.21. The lowest BCUT2D eigenvalue weighted by Gasteiger charge is -2.20. The molecule has 0 aliphatic rings. The third-order valence-corrected chi connectivity index (χ3v) is 5.63. The summed E-state index contributed by atoms with van der Waals surface area (Å²) in [5, 5.41) is 3.90. The van der Waals surface area contributed by atoms with Gasteiger partial charge in [-0.3, -0.25) is 9.59 Å². The Hall–Kier alpha value is -3.13. The van der Waals surface area contributed by atoms with E-state index >= 15 is 0 Å². The number of benzene rings is 1. The van der Waals surface area contributed by atoms with Crippen LogP contribution in [0.15, 0.2) is 52.1 Å². The third-order valence-electron chi connectivity index (χ3n) is 4.80. The van der Waals surface area contributed by atoms with Crippen molar-refractivity contribution in [1.82, 2.24) is 14.9 Å². The Morgan fingerprint density at radius 2 is 1.90 bits per heavy atom. The monoisotopic (exact) mass is 438 g/mol. The van der Waals surface area contributed by atoms with Gasteiger partial charge in [0.25, 0.3) is 5.91 Å². The number of aryl methyl sites for hydroxylation is 2. The largest absolute Gasteiger partial charge is 0.443 e. The average Bonchev–Trinajstić information content (AvgIpc) is 3.04. The van der Waals surface area contributed by atoms with E-state index in [1.807, 2.05) is 33.8 Å². The van der Waals surface area contributed by atoms with Crippen molar-refractivity contribution in [2.45, 2.75) is 32.9 Å². The van der Waals surface area contributed by atoms with Gasteiger partial charge in [-0.25, -0.2) is 4.98 Å². The first-order valence-corrected chi connectivity index (χ1v) is 11.0. The van der Waals surface area contributed by atoms with E-state index < -0.39 is 0 Å². The van der Waals surface area contributed by atoms with Crippen LogP contribution in [0, 0.1) is 13.8 Å². The summed E-state index contributed by atoms with van der Waals surface area (Å²) in [5.41, 5.74) is 2.70. The van der Waals surface area contributed by atoms with Crippen LogP contribution in [0.2, 0.25) is 0 Å². The molecule has 0 atom stereocenters. The molecule has 2 aromatic heterocycles. The van der Waals surface area contributed by atoms with Gasteiger partial charge in [0.2, 0.25) is 11.6 Å². The number of amides is 2. The van der Waals surface area contributed by atoms with E-state index in [0.29, 0.717) is 46.5 Å². The summed E-state index contributed by atoms with van der Waals surface area (Å²) in [6.45, 7) is 12.6. The summed E-state index contributed by atoms with van der Waals surface area (Å²) in [5.74, 6) is 0.955. The van der Waals surface area contributed by atoms with E-state index in [2.05, 4.69) is 21.9 Å². The second kappa shape index (κ2) is 9.78. The minimum absolute atomic E-state index is 0.0270. The van der Waals surface area contributed by atoms with Crippen molar-refractivity contribution in [1.29, 1.82) is 0 Å². The van der Waals surface area contributed by atoms with Crippen molar-refractivity contribution in [3.05, 3.63) is 59.4 Å². The Morgan fingerprint density at radius 1 is 1.19 bits per heavy atom. The molecule has 0 bridgehead atoms. The number of carbonyl (C=O) groups excluding carboxylic acids is 2. The van der Waals surface area contributed by atoms with Crippen LogP contribution in [0.4, 0.5) is 5.82 Å². The van der Waals surface area contributed by atoms with E-state index in [0.717, 1.165) is 11.1 Å². The van der Waals surface area contributed by atoms with Gasteiger partial charge in [0.1, 0.15) is 11.6 Å². The fraction of sp³-hybridized carbons (Fsp3) is 0.304. The number of thioether (sulfide) groups is 1. The number of fused-ring (bicyclic) bond motifs is 1. The molecule has 3 rings (SSSR count). The maximum atomic E-state index is 12.7. The highest BCUT2D eigenvalue weighted by molar-refractivity contribution is 7.99. The van der Waals surface area contributed by atoms with Gasteiger partial charge < -0.3 is 14.6 Å². The number of rotatable bonds is 8. The fourth-order valence-corrected chi connectivity index (χ4v) is 3.81. The minimum Gasteiger partial charge on any atom is -0.443 e. The molecule has 3 aromatic rings. The summed E-state index contributed by atoms with van der Waals surface area (Å²) in [6, 6.07) is 8.92. The van der Waals surface area contributed by atoms with Gasteiger partial charge in [0.05, 0.1) is 11.1 Å². The molecule has 2 amide bonds. The van der Waals surface area contributed by atoms with Crippen molar-refractivity contribution in [3.8, 4) is 0 Å². The molecular formula is C23H26N4O3S. The topological polar surface area (TPSA) is 88.3 Å². The summed E-state index contributed by atoms with van der Waals surface area (Å²) in [7, 11) is 0. The van der Waals surface area contributed by atoms with Gasteiger partial charge in [0.15, 0.2) is 5.16 Å². The minimum atomic E-state index is -0.274. The van der Waals surface area contributed by atoms with E-state index in [9.17, 15) is 9.59 Å². The van der Waals surface area contributed by atoms with E-state index in [4.69, 9.17) is 4.42 Å². The molecule has 162 valence electrons. The highest BCUT2D eigenvalue weighted by Crippen LogP contribution is 2.31. The average molecular weight is 439 g/mol. The van der Waals surface area contributed by atoms with Crippen LogP contribution >= 0.6 is 11.8 Å². The molecule has 0 unspecified atom stereocenters. The van der Waals surface area contributed by atoms with Crippen molar-refractivity contribution < 1.29 is 14.0 Å². The lowest BCUT2D eigenvalue weighted by atomic mass is 10.2. The third kappa shape index (κ3) is 5.32. The molecule has 0 spiro atoms. The smallest absolute Gasteiger partial charge is 0.256 e. The molecule has 1 N–H and O–H groups in total. The molecule has 0 radical (unpaired) electrons. The molecule has 0 saturated carbocycles. The highest BCUT2D eigenvalue weighted by atomic mass is 32.2. The van der Waals surface area contributed by atoms with Crippen LogP contribution in [-0.4, -0.2) is 45.5 Å². The number of furan rings is 1. The number of carbonyl (C=O) groups is 2. The van der Waals surface area contributed by atoms with Gasteiger partial charge in [-0.05, 0) is 39.8 Å². The van der Waals surface area contributed by atoms with E-state index in [1.165, 1.54) is 11.8 Å². The molecule has 31 heavy (non-hydrogen) atoms.